The molecule has 17 unspecified atom stereocenters. The van der Waals surface area contributed by atoms with Gasteiger partial charge in [-0.3, -0.25) is 0 Å². The Balaban J connectivity index is 1.07. The largest absolute Gasteiger partial charge is 0.388 e. The molecule has 2 spiro atoms. The number of hydrogen-bond donors (Lipinski definition) is 5. The van der Waals surface area contributed by atoms with Gasteiger partial charge in [0.25, 0.3) is 0 Å². The van der Waals surface area contributed by atoms with Crippen molar-refractivity contribution in [3.05, 3.63) is 0 Å². The average Bonchev–Trinajstić information content (AvgIpc) is 3.80. The molecular formula is C35H56O9. The number of fused-ring (bicyclic) bond motifs is 4. The number of hydrogen-bond acceptors (Lipinski definition) is 9. The lowest BCUT2D eigenvalue weighted by Gasteiger charge is -2.63. The second-order valence-electron chi connectivity index (χ2n) is 18.3. The summed E-state index contributed by atoms with van der Waals surface area (Å²) in [5, 5.41) is 55.7. The monoisotopic (exact) mass is 620 g/mol. The highest BCUT2D eigenvalue weighted by atomic mass is 16.7. The van der Waals surface area contributed by atoms with Crippen LogP contribution in [0, 0.1) is 50.7 Å². The van der Waals surface area contributed by atoms with Crippen molar-refractivity contribution in [2.75, 3.05) is 6.61 Å². The molecule has 5 aliphatic carbocycles. The molecule has 8 aliphatic rings. The standard InChI is InChI=1S/C35H56O9/c1-17-14-19(26-30(4,5)44-26)43-35(40)25(17)31(6)12-13-34-16-33(34)11-10-22(42-27-24(38)23(37)18(36)15-41-27)29(2,3)20(33)8-9-21(34)32(31,7)28(35)39/h17-28,36-40H,8-16H2,1-7H3. The van der Waals surface area contributed by atoms with E-state index in [0.717, 1.165) is 51.4 Å². The van der Waals surface area contributed by atoms with Gasteiger partial charge in [-0.2, -0.15) is 0 Å². The molecule has 3 saturated heterocycles. The third-order valence-electron chi connectivity index (χ3n) is 16.0. The molecule has 3 heterocycles. The summed E-state index contributed by atoms with van der Waals surface area (Å²) in [5.74, 6) is -0.781. The zero-order valence-corrected chi connectivity index (χ0v) is 27.7. The van der Waals surface area contributed by atoms with Crippen LogP contribution in [0.15, 0.2) is 0 Å². The molecule has 8 rings (SSSR count). The first kappa shape index (κ1) is 30.9. The van der Waals surface area contributed by atoms with Gasteiger partial charge in [0.1, 0.15) is 30.5 Å². The summed E-state index contributed by atoms with van der Waals surface area (Å²) < 4.78 is 24.7. The van der Waals surface area contributed by atoms with Gasteiger partial charge in [-0.15, -0.1) is 0 Å². The Bertz CT molecular complexity index is 1210. The molecule has 5 N–H and O–H groups in total. The molecule has 0 aromatic carbocycles. The lowest BCUT2D eigenvalue weighted by molar-refractivity contribution is -0.327. The van der Waals surface area contributed by atoms with E-state index in [1.807, 2.05) is 0 Å². The van der Waals surface area contributed by atoms with Gasteiger partial charge in [-0.1, -0.05) is 34.6 Å². The summed E-state index contributed by atoms with van der Waals surface area (Å²) in [5.41, 5.74) is -0.853. The maximum Gasteiger partial charge on any atom is 0.196 e. The first-order chi connectivity index (χ1) is 20.4. The van der Waals surface area contributed by atoms with Gasteiger partial charge < -0.3 is 44.5 Å². The van der Waals surface area contributed by atoms with Crippen molar-refractivity contribution in [2.24, 2.45) is 50.7 Å². The highest BCUT2D eigenvalue weighted by molar-refractivity contribution is 5.33. The number of aliphatic hydroxyl groups excluding tert-OH is 4. The summed E-state index contributed by atoms with van der Waals surface area (Å²) in [4.78, 5) is 0. The molecule has 0 amide bonds. The summed E-state index contributed by atoms with van der Waals surface area (Å²) in [7, 11) is 0. The van der Waals surface area contributed by atoms with E-state index in [1.54, 1.807) is 0 Å². The minimum absolute atomic E-state index is 0.0491. The molecule has 0 radical (unpaired) electrons. The molecule has 9 nitrogen and oxygen atoms in total. The van der Waals surface area contributed by atoms with E-state index >= 15 is 0 Å². The predicted octanol–water partition coefficient (Wildman–Crippen LogP) is 3.12. The minimum Gasteiger partial charge on any atom is -0.388 e. The summed E-state index contributed by atoms with van der Waals surface area (Å²) in [6.45, 7) is 15.6. The molecule has 9 heteroatoms. The topological polar surface area (TPSA) is 141 Å². The fourth-order valence-electron chi connectivity index (χ4n) is 13.8. The zero-order valence-electron chi connectivity index (χ0n) is 27.7. The highest BCUT2D eigenvalue weighted by Gasteiger charge is 2.87. The van der Waals surface area contributed by atoms with Crippen molar-refractivity contribution in [3.8, 4) is 0 Å². The Kier molecular flexibility index (Phi) is 6.33. The zero-order chi connectivity index (χ0) is 31.6. The van der Waals surface area contributed by atoms with Crippen molar-refractivity contribution < 1.29 is 44.5 Å². The van der Waals surface area contributed by atoms with E-state index in [0.29, 0.717) is 11.8 Å². The van der Waals surface area contributed by atoms with E-state index in [1.165, 1.54) is 0 Å². The maximum absolute atomic E-state index is 12.5. The van der Waals surface area contributed by atoms with Gasteiger partial charge in [-0.25, -0.2) is 0 Å². The highest BCUT2D eigenvalue weighted by Crippen LogP contribution is 2.89. The van der Waals surface area contributed by atoms with E-state index in [9.17, 15) is 25.5 Å². The second kappa shape index (κ2) is 9.00. The third kappa shape index (κ3) is 3.48. The van der Waals surface area contributed by atoms with Gasteiger partial charge in [0.2, 0.25) is 0 Å². The lowest BCUT2D eigenvalue weighted by atomic mass is 9.41. The van der Waals surface area contributed by atoms with Crippen LogP contribution in [0.25, 0.3) is 0 Å². The smallest absolute Gasteiger partial charge is 0.196 e. The number of ether oxygens (including phenoxy) is 4. The Morgan fingerprint density at radius 3 is 2.14 bits per heavy atom. The summed E-state index contributed by atoms with van der Waals surface area (Å²) in [6, 6.07) is 0. The fourth-order valence-corrected chi connectivity index (χ4v) is 13.8. The molecule has 5 saturated carbocycles. The van der Waals surface area contributed by atoms with Crippen molar-refractivity contribution >= 4 is 0 Å². The Hall–Kier alpha value is -0.360. The first-order valence-corrected chi connectivity index (χ1v) is 17.5. The van der Waals surface area contributed by atoms with Crippen LogP contribution in [0.2, 0.25) is 0 Å². The molecule has 17 atom stereocenters. The summed E-state index contributed by atoms with van der Waals surface area (Å²) in [6.07, 6.45) is 1.96. The second-order valence-corrected chi connectivity index (χ2v) is 18.3. The van der Waals surface area contributed by atoms with Crippen molar-refractivity contribution in [1.29, 1.82) is 0 Å². The SMILES string of the molecule is CC1CC(C2OC2(C)C)OC2(O)C1C1(C)CCC34CC35CCC(OC3OCC(O)C(O)C3O)C(C)(C)C5CCC4C1(C)C2O. The quantitative estimate of drug-likeness (QED) is 0.238. The van der Waals surface area contributed by atoms with Gasteiger partial charge in [-0.05, 0) is 105 Å². The van der Waals surface area contributed by atoms with Crippen LogP contribution in [0.5, 0.6) is 0 Å². The molecule has 44 heavy (non-hydrogen) atoms. The molecular weight excluding hydrogens is 564 g/mol. The van der Waals surface area contributed by atoms with E-state index in [-0.39, 0.29) is 64.0 Å². The Morgan fingerprint density at radius 1 is 0.795 bits per heavy atom. The predicted molar refractivity (Wildman–Crippen MR) is 159 cm³/mol. The molecule has 3 aliphatic heterocycles. The van der Waals surface area contributed by atoms with Crippen molar-refractivity contribution in [3.63, 3.8) is 0 Å². The van der Waals surface area contributed by atoms with Gasteiger partial charge in [0.15, 0.2) is 12.1 Å². The van der Waals surface area contributed by atoms with Crippen LogP contribution in [0.1, 0.15) is 99.8 Å². The van der Waals surface area contributed by atoms with Crippen LogP contribution < -0.4 is 0 Å². The first-order valence-electron chi connectivity index (χ1n) is 17.5. The third-order valence-corrected chi connectivity index (χ3v) is 16.0. The van der Waals surface area contributed by atoms with Gasteiger partial charge in [0, 0.05) is 11.3 Å². The van der Waals surface area contributed by atoms with E-state index < -0.39 is 41.9 Å². The molecule has 250 valence electrons. The Morgan fingerprint density at radius 2 is 1.45 bits per heavy atom. The maximum atomic E-state index is 12.5. The van der Waals surface area contributed by atoms with E-state index in [4.69, 9.17) is 18.9 Å². The normalized spacial score (nSPS) is 63.3. The number of aliphatic hydroxyl groups is 5. The van der Waals surface area contributed by atoms with Crippen LogP contribution >= 0.6 is 0 Å². The fraction of sp³-hybridized carbons (Fsp3) is 1.00. The van der Waals surface area contributed by atoms with E-state index in [2.05, 4.69) is 48.5 Å². The number of epoxide rings is 1. The average molecular weight is 621 g/mol. The molecule has 0 bridgehead atoms. The Labute approximate surface area is 262 Å². The van der Waals surface area contributed by atoms with Crippen molar-refractivity contribution in [1.82, 2.24) is 0 Å². The van der Waals surface area contributed by atoms with Crippen LogP contribution in [-0.2, 0) is 18.9 Å². The number of rotatable bonds is 3. The van der Waals surface area contributed by atoms with Gasteiger partial charge >= 0.3 is 0 Å². The van der Waals surface area contributed by atoms with Crippen LogP contribution in [0.4, 0.5) is 0 Å². The minimum atomic E-state index is -1.58. The van der Waals surface area contributed by atoms with Crippen LogP contribution in [-0.4, -0.2) is 92.5 Å². The van der Waals surface area contributed by atoms with Crippen molar-refractivity contribution in [2.45, 2.75) is 160 Å². The summed E-state index contributed by atoms with van der Waals surface area (Å²) >= 11 is 0. The molecule has 8 fully saturated rings. The molecule has 0 aromatic rings. The van der Waals surface area contributed by atoms with Gasteiger partial charge in [0.05, 0.1) is 24.4 Å². The lowest BCUT2D eigenvalue weighted by Crippen LogP contribution is -2.61. The van der Waals surface area contributed by atoms with Crippen LogP contribution in [0.3, 0.4) is 0 Å². The molecule has 0 aromatic heterocycles.